The van der Waals surface area contributed by atoms with Crippen LogP contribution < -0.4 is 0 Å². The molecule has 0 spiro atoms. The maximum absolute atomic E-state index is 10.9. The first-order valence-electron chi connectivity index (χ1n) is 1.99. The van der Waals surface area contributed by atoms with Gasteiger partial charge in [0.1, 0.15) is 0 Å². The Labute approximate surface area is 145 Å². The van der Waals surface area contributed by atoms with E-state index in [9.17, 15) is 14.2 Å². The summed E-state index contributed by atoms with van der Waals surface area (Å²) in [7, 11) is -8.29. The zero-order chi connectivity index (χ0) is 8.35. The normalized spacial score (nSPS) is 25.1. The van der Waals surface area contributed by atoms with Crippen LogP contribution in [0.4, 0.5) is 0 Å². The second kappa shape index (κ2) is 1.99. The monoisotopic (exact) mass is 396 g/mol. The molecule has 0 aliphatic rings. The SMILES string of the molecule is [CH3][Os]([CH3])([CH3])([CH3])(=[O])(=[O])(=[O])=[O].[KH].[KH]. The number of hydrogen-bond acceptors (Lipinski definition) is 4. The molecule has 0 N–H and O–H groups in total. The molecule has 7 heteroatoms. The fourth-order valence-corrected chi connectivity index (χ4v) is 0. The molecule has 0 unspecified atom stereocenters. The summed E-state index contributed by atoms with van der Waals surface area (Å²) in [4.78, 5) is 0. The van der Waals surface area contributed by atoms with Gasteiger partial charge in [-0.3, -0.25) is 0 Å². The van der Waals surface area contributed by atoms with Crippen molar-refractivity contribution in [2.45, 2.75) is 21.9 Å². The molecule has 0 rings (SSSR count). The van der Waals surface area contributed by atoms with Crippen LogP contribution in [0.25, 0.3) is 0 Å². The summed E-state index contributed by atoms with van der Waals surface area (Å²) in [6.07, 6.45) is 0. The Balaban J connectivity index is -0.000000320. The van der Waals surface area contributed by atoms with Gasteiger partial charge in [0.15, 0.2) is 0 Å². The van der Waals surface area contributed by atoms with E-state index in [1.54, 1.807) is 0 Å². The van der Waals surface area contributed by atoms with Crippen molar-refractivity contribution in [3.8, 4) is 0 Å². The molecule has 0 heterocycles. The molecule has 0 atom stereocenters. The average Bonchev–Trinajstić information content (AvgIpc) is 0.503. The van der Waals surface area contributed by atoms with E-state index in [-0.39, 0.29) is 125 Å². The third-order valence-electron chi connectivity index (χ3n) is 0. The fraction of sp³-hybridized carbons (Fsp3) is 1.00. The van der Waals surface area contributed by atoms with E-state index in [0.717, 1.165) is 0 Å². The molecule has 0 aromatic rings. The zero-order valence-corrected chi connectivity index (χ0v) is 8.53. The van der Waals surface area contributed by atoms with Crippen LogP contribution in [0, 0.1) is 0 Å². The Morgan fingerprint density at radius 1 is 0.636 bits per heavy atom. The summed E-state index contributed by atoms with van der Waals surface area (Å²) < 4.78 is 43.7. The van der Waals surface area contributed by atoms with Crippen molar-refractivity contribution >= 4 is 103 Å². The average molecular weight is 395 g/mol. The van der Waals surface area contributed by atoms with Gasteiger partial charge >= 0.3 is 149 Å². The quantitative estimate of drug-likeness (QED) is 0.563. The first kappa shape index (κ1) is 19.6. The van der Waals surface area contributed by atoms with Crippen molar-refractivity contribution in [3.63, 3.8) is 0 Å². The molecule has 0 aromatic carbocycles. The molecular formula is C4H14K2O4Os. The van der Waals surface area contributed by atoms with Gasteiger partial charge in [-0.15, -0.1) is 0 Å². The molecule has 0 saturated carbocycles. The van der Waals surface area contributed by atoms with Crippen LogP contribution in [0.5, 0.6) is 0 Å². The number of hydrogen-bond donors (Lipinski definition) is 0. The topological polar surface area (TPSA) is 68.3 Å². The van der Waals surface area contributed by atoms with Gasteiger partial charge in [0.2, 0.25) is 0 Å². The fourth-order valence-electron chi connectivity index (χ4n) is 0. The Morgan fingerprint density at radius 3 is 0.636 bits per heavy atom. The molecular weight excluding hydrogens is 380 g/mol. The third-order valence-corrected chi connectivity index (χ3v) is 0. The van der Waals surface area contributed by atoms with Gasteiger partial charge in [-0.05, 0) is 0 Å². The van der Waals surface area contributed by atoms with Gasteiger partial charge in [0.25, 0.3) is 0 Å². The summed E-state index contributed by atoms with van der Waals surface area (Å²) >= 11 is 0. The van der Waals surface area contributed by atoms with Crippen molar-refractivity contribution in [2.24, 2.45) is 0 Å². The summed E-state index contributed by atoms with van der Waals surface area (Å²) in [5.74, 6) is 0. The molecule has 0 radical (unpaired) electrons. The summed E-state index contributed by atoms with van der Waals surface area (Å²) in [5.41, 5.74) is 0.875. The molecule has 0 aromatic heterocycles. The van der Waals surface area contributed by atoms with Crippen LogP contribution in [0.15, 0.2) is 0 Å². The van der Waals surface area contributed by atoms with Crippen molar-refractivity contribution in [1.82, 2.24) is 0 Å². The van der Waals surface area contributed by atoms with E-state index < -0.39 is 10.1 Å². The Hall–Kier alpha value is 3.11. The van der Waals surface area contributed by atoms with Crippen LogP contribution in [0.2, 0.25) is 21.9 Å². The predicted molar refractivity (Wildman–Crippen MR) is 40.5 cm³/mol. The Bertz CT molecular complexity index is 524. The van der Waals surface area contributed by atoms with E-state index in [2.05, 4.69) is 0 Å². The maximum atomic E-state index is 10.9. The molecule has 4 nitrogen and oxygen atoms in total. The van der Waals surface area contributed by atoms with Crippen LogP contribution in [0.3, 0.4) is 0 Å². The van der Waals surface area contributed by atoms with Crippen LogP contribution in [0.1, 0.15) is 0 Å². The molecule has 0 bridgehead atoms. The van der Waals surface area contributed by atoms with Crippen molar-refractivity contribution < 1.29 is 24.2 Å². The van der Waals surface area contributed by atoms with Crippen LogP contribution in [-0.4, -0.2) is 103 Å². The van der Waals surface area contributed by atoms with Crippen molar-refractivity contribution in [3.05, 3.63) is 0 Å². The Morgan fingerprint density at radius 2 is 0.636 bits per heavy atom. The Kier molecular flexibility index (Phi) is 3.55. The third kappa shape index (κ3) is 167. The van der Waals surface area contributed by atoms with Gasteiger partial charge in [-0.1, -0.05) is 0 Å². The van der Waals surface area contributed by atoms with E-state index in [1.165, 1.54) is 0 Å². The first-order valence-corrected chi connectivity index (χ1v) is 16.3. The number of rotatable bonds is 0. The summed E-state index contributed by atoms with van der Waals surface area (Å²) in [6.45, 7) is 0. The minimum atomic E-state index is -8.29. The van der Waals surface area contributed by atoms with Crippen molar-refractivity contribution in [2.75, 3.05) is 0 Å². The summed E-state index contributed by atoms with van der Waals surface area (Å²) in [5, 5.41) is 0. The van der Waals surface area contributed by atoms with E-state index in [0.29, 0.717) is 0 Å². The van der Waals surface area contributed by atoms with Gasteiger partial charge in [0.05, 0.1) is 0 Å². The zero-order valence-electron chi connectivity index (χ0n) is 5.99. The van der Waals surface area contributed by atoms with Gasteiger partial charge < -0.3 is 0 Å². The standard InChI is InChI=1S/4CH3.2K.4O.Os.2H/h4*1H3;;;;;;;;;. The molecule has 0 aliphatic carbocycles. The molecule has 11 heavy (non-hydrogen) atoms. The van der Waals surface area contributed by atoms with Crippen LogP contribution in [-0.2, 0) is 24.2 Å². The van der Waals surface area contributed by atoms with E-state index >= 15 is 0 Å². The van der Waals surface area contributed by atoms with E-state index in [1.807, 2.05) is 0 Å². The van der Waals surface area contributed by atoms with Gasteiger partial charge in [-0.2, -0.15) is 0 Å². The van der Waals surface area contributed by atoms with E-state index in [4.69, 9.17) is 0 Å². The van der Waals surface area contributed by atoms with Crippen LogP contribution >= 0.6 is 0 Å². The predicted octanol–water partition coefficient (Wildman–Crippen LogP) is 0.560. The second-order valence-electron chi connectivity index (χ2n) is 4.78. The minimum absolute atomic E-state index is 0. The molecule has 64 valence electrons. The van der Waals surface area contributed by atoms with Gasteiger partial charge in [0, 0.05) is 0 Å². The van der Waals surface area contributed by atoms with Gasteiger partial charge in [-0.25, -0.2) is 0 Å². The molecule has 0 amide bonds. The summed E-state index contributed by atoms with van der Waals surface area (Å²) in [6, 6.07) is 0. The van der Waals surface area contributed by atoms with Crippen molar-refractivity contribution in [1.29, 1.82) is 0 Å². The molecule has 0 aliphatic heterocycles. The second-order valence-corrected chi connectivity index (χ2v) is 39.2. The first-order chi connectivity index (χ1) is 2.83. The molecule has 0 fully saturated rings. The molecule has 0 saturated heterocycles.